The van der Waals surface area contributed by atoms with Crippen LogP contribution in [0.4, 0.5) is 17.1 Å². The molecule has 9 rings (SSSR count). The van der Waals surface area contributed by atoms with Gasteiger partial charge in [0, 0.05) is 22.1 Å². The van der Waals surface area contributed by atoms with Crippen molar-refractivity contribution in [3.8, 4) is 44.5 Å². The first-order valence-electron chi connectivity index (χ1n) is 15.5. The van der Waals surface area contributed by atoms with E-state index in [1.54, 1.807) is 0 Å². The third-order valence-corrected chi connectivity index (χ3v) is 9.80. The summed E-state index contributed by atoms with van der Waals surface area (Å²) in [7, 11) is 0. The quantitative estimate of drug-likeness (QED) is 0.207. The first-order chi connectivity index (χ1) is 21.6. The van der Waals surface area contributed by atoms with Crippen molar-refractivity contribution in [2.75, 3.05) is 4.90 Å². The van der Waals surface area contributed by atoms with E-state index in [-0.39, 0.29) is 5.41 Å². The van der Waals surface area contributed by atoms with Gasteiger partial charge in [-0.2, -0.15) is 0 Å². The summed E-state index contributed by atoms with van der Waals surface area (Å²) < 4.78 is 0. The van der Waals surface area contributed by atoms with Crippen molar-refractivity contribution in [3.63, 3.8) is 0 Å². The number of anilines is 3. The Kier molecular flexibility index (Phi) is 5.31. The van der Waals surface area contributed by atoms with Crippen LogP contribution in [0.2, 0.25) is 0 Å². The Morgan fingerprint density at radius 1 is 0.432 bits per heavy atom. The van der Waals surface area contributed by atoms with Crippen LogP contribution in [0.5, 0.6) is 0 Å². The lowest BCUT2D eigenvalue weighted by atomic mass is 9.82. The van der Waals surface area contributed by atoms with Gasteiger partial charge in [-0.15, -0.1) is 0 Å². The van der Waals surface area contributed by atoms with Gasteiger partial charge in [0.25, 0.3) is 0 Å². The van der Waals surface area contributed by atoms with Crippen molar-refractivity contribution in [2.24, 2.45) is 0 Å². The van der Waals surface area contributed by atoms with Crippen LogP contribution >= 0.6 is 0 Å². The first-order valence-corrected chi connectivity index (χ1v) is 15.5. The highest BCUT2D eigenvalue weighted by atomic mass is 15.1. The molecule has 7 aromatic carbocycles. The minimum absolute atomic E-state index is 0.0802. The molecule has 44 heavy (non-hydrogen) atoms. The van der Waals surface area contributed by atoms with Gasteiger partial charge >= 0.3 is 0 Å². The standard InChI is InChI=1S/C43H31N/c1-43(2)37-22-9-8-19-35(37)42-38(43)23-12-24-40(42)44(30-16-10-15-29(27-30)28-13-4-3-5-14-28)39-26-25-34-32-18-7-6-17-31(32)33-20-11-21-36(39)41(33)34/h3-27H,1-2H3. The van der Waals surface area contributed by atoms with E-state index in [1.165, 1.54) is 77.8 Å². The Hall–Kier alpha value is -5.40. The predicted molar refractivity (Wildman–Crippen MR) is 186 cm³/mol. The number of nitrogens with zero attached hydrogens (tertiary/aromatic N) is 1. The molecule has 0 unspecified atom stereocenters. The summed E-state index contributed by atoms with van der Waals surface area (Å²) >= 11 is 0. The molecular formula is C43H31N. The van der Waals surface area contributed by atoms with Gasteiger partial charge in [0.1, 0.15) is 0 Å². The highest BCUT2D eigenvalue weighted by Crippen LogP contribution is 2.56. The fourth-order valence-corrected chi connectivity index (χ4v) is 7.77. The van der Waals surface area contributed by atoms with Crippen molar-refractivity contribution < 1.29 is 0 Å². The normalized spacial score (nSPS) is 13.4. The van der Waals surface area contributed by atoms with Crippen LogP contribution in [0.25, 0.3) is 55.3 Å². The molecular weight excluding hydrogens is 530 g/mol. The SMILES string of the molecule is CC1(C)c2ccccc2-c2c(N(c3cccc(-c4ccccc4)c3)c3ccc4c5c(cccc35)-c3ccccc3-4)cccc21. The maximum absolute atomic E-state index is 2.51. The smallest absolute Gasteiger partial charge is 0.0543 e. The molecule has 0 radical (unpaired) electrons. The fraction of sp³-hybridized carbons (Fsp3) is 0.0698. The molecule has 0 fully saturated rings. The predicted octanol–water partition coefficient (Wildman–Crippen LogP) is 11.9. The molecule has 0 spiro atoms. The lowest BCUT2D eigenvalue weighted by Crippen LogP contribution is -2.16. The van der Waals surface area contributed by atoms with E-state index in [0.29, 0.717) is 0 Å². The molecule has 7 aromatic rings. The Labute approximate surface area is 258 Å². The van der Waals surface area contributed by atoms with Crippen molar-refractivity contribution in [3.05, 3.63) is 163 Å². The van der Waals surface area contributed by atoms with Crippen LogP contribution in [0.3, 0.4) is 0 Å². The molecule has 1 heteroatoms. The first kappa shape index (κ1) is 25.1. The second-order valence-corrected chi connectivity index (χ2v) is 12.5. The van der Waals surface area contributed by atoms with Crippen molar-refractivity contribution >= 4 is 27.8 Å². The topological polar surface area (TPSA) is 3.24 Å². The van der Waals surface area contributed by atoms with E-state index in [4.69, 9.17) is 0 Å². The minimum Gasteiger partial charge on any atom is -0.309 e. The zero-order valence-electron chi connectivity index (χ0n) is 24.9. The van der Waals surface area contributed by atoms with E-state index >= 15 is 0 Å². The fourth-order valence-electron chi connectivity index (χ4n) is 7.77. The van der Waals surface area contributed by atoms with Crippen LogP contribution in [0, 0.1) is 0 Å². The molecule has 0 aromatic heterocycles. The van der Waals surface area contributed by atoms with E-state index in [1.807, 2.05) is 0 Å². The number of benzene rings is 7. The average molecular weight is 562 g/mol. The van der Waals surface area contributed by atoms with Crippen molar-refractivity contribution in [2.45, 2.75) is 19.3 Å². The van der Waals surface area contributed by atoms with E-state index in [2.05, 4.69) is 170 Å². The zero-order chi connectivity index (χ0) is 29.4. The summed E-state index contributed by atoms with van der Waals surface area (Å²) in [5.74, 6) is 0. The Morgan fingerprint density at radius 2 is 1.05 bits per heavy atom. The monoisotopic (exact) mass is 561 g/mol. The van der Waals surface area contributed by atoms with Gasteiger partial charge in [-0.05, 0) is 79.7 Å². The van der Waals surface area contributed by atoms with Crippen molar-refractivity contribution in [1.82, 2.24) is 0 Å². The Morgan fingerprint density at radius 3 is 1.86 bits per heavy atom. The van der Waals surface area contributed by atoms with E-state index in [9.17, 15) is 0 Å². The lowest BCUT2D eigenvalue weighted by Gasteiger charge is -2.30. The molecule has 0 bridgehead atoms. The molecule has 0 amide bonds. The third kappa shape index (κ3) is 3.47. The van der Waals surface area contributed by atoms with Crippen molar-refractivity contribution in [1.29, 1.82) is 0 Å². The Bertz CT molecular complexity index is 2230. The molecule has 1 nitrogen and oxygen atoms in total. The third-order valence-electron chi connectivity index (χ3n) is 9.80. The van der Waals surface area contributed by atoms with Gasteiger partial charge in [0.15, 0.2) is 0 Å². The molecule has 0 saturated carbocycles. The van der Waals surface area contributed by atoms with E-state index in [0.717, 1.165) is 5.69 Å². The summed E-state index contributed by atoms with van der Waals surface area (Å²) in [6.45, 7) is 4.72. The molecule has 0 heterocycles. The molecule has 208 valence electrons. The molecule has 0 atom stereocenters. The summed E-state index contributed by atoms with van der Waals surface area (Å²) in [6, 6.07) is 55.8. The van der Waals surface area contributed by atoms with Crippen LogP contribution in [-0.4, -0.2) is 0 Å². The number of hydrogen-bond acceptors (Lipinski definition) is 1. The molecule has 2 aliphatic carbocycles. The number of fused-ring (bicyclic) bond motifs is 6. The van der Waals surface area contributed by atoms with Crippen LogP contribution in [0.1, 0.15) is 25.0 Å². The zero-order valence-corrected chi connectivity index (χ0v) is 24.9. The summed E-state index contributed by atoms with van der Waals surface area (Å²) in [4.78, 5) is 2.51. The highest BCUT2D eigenvalue weighted by Gasteiger charge is 2.38. The van der Waals surface area contributed by atoms with Gasteiger partial charge in [-0.1, -0.05) is 141 Å². The Balaban J connectivity index is 1.36. The van der Waals surface area contributed by atoms with Crippen LogP contribution in [0.15, 0.2) is 152 Å². The maximum Gasteiger partial charge on any atom is 0.0543 e. The van der Waals surface area contributed by atoms with Crippen LogP contribution in [-0.2, 0) is 5.41 Å². The average Bonchev–Trinajstić information content (AvgIpc) is 3.53. The summed E-state index contributed by atoms with van der Waals surface area (Å²) in [6.07, 6.45) is 0. The van der Waals surface area contributed by atoms with E-state index < -0.39 is 0 Å². The van der Waals surface area contributed by atoms with Gasteiger partial charge in [0.05, 0.1) is 11.4 Å². The van der Waals surface area contributed by atoms with Gasteiger partial charge in [-0.3, -0.25) is 0 Å². The molecule has 2 aliphatic rings. The minimum atomic E-state index is -0.0802. The largest absolute Gasteiger partial charge is 0.309 e. The second kappa shape index (κ2) is 9.30. The van der Waals surface area contributed by atoms with Gasteiger partial charge in [-0.25, -0.2) is 0 Å². The number of hydrogen-bond donors (Lipinski definition) is 0. The molecule has 0 aliphatic heterocycles. The lowest BCUT2D eigenvalue weighted by molar-refractivity contribution is 0.660. The highest BCUT2D eigenvalue weighted by molar-refractivity contribution is 6.19. The van der Waals surface area contributed by atoms with Gasteiger partial charge in [0.2, 0.25) is 0 Å². The molecule has 0 N–H and O–H groups in total. The number of rotatable bonds is 4. The summed E-state index contributed by atoms with van der Waals surface area (Å²) in [5.41, 5.74) is 16.6. The van der Waals surface area contributed by atoms with Crippen LogP contribution < -0.4 is 4.90 Å². The van der Waals surface area contributed by atoms with Gasteiger partial charge < -0.3 is 4.90 Å². The molecule has 0 saturated heterocycles. The summed E-state index contributed by atoms with van der Waals surface area (Å²) in [5, 5.41) is 2.60. The second-order valence-electron chi connectivity index (χ2n) is 12.5. The maximum atomic E-state index is 2.51.